The second kappa shape index (κ2) is 9.88. The Morgan fingerprint density at radius 2 is 2.00 bits per heavy atom. The van der Waals surface area contributed by atoms with Gasteiger partial charge in [-0.25, -0.2) is 9.97 Å². The van der Waals surface area contributed by atoms with E-state index in [9.17, 15) is 9.59 Å². The summed E-state index contributed by atoms with van der Waals surface area (Å²) < 4.78 is 0. The zero-order chi connectivity index (χ0) is 20.7. The summed E-state index contributed by atoms with van der Waals surface area (Å²) >= 11 is 1.28. The van der Waals surface area contributed by atoms with E-state index in [4.69, 9.17) is 17.2 Å². The highest BCUT2D eigenvalue weighted by Crippen LogP contribution is 2.33. The number of rotatable bonds is 6. The van der Waals surface area contributed by atoms with Crippen LogP contribution in [0.25, 0.3) is 21.5 Å². The third-order valence-electron chi connectivity index (χ3n) is 3.73. The Balaban J connectivity index is 0.000000878. The predicted molar refractivity (Wildman–Crippen MR) is 113 cm³/mol. The van der Waals surface area contributed by atoms with Crippen molar-refractivity contribution in [1.82, 2.24) is 15.3 Å². The summed E-state index contributed by atoms with van der Waals surface area (Å²) in [6.45, 7) is 5.25. The highest BCUT2D eigenvalue weighted by Gasteiger charge is 2.14. The molecule has 0 aliphatic carbocycles. The van der Waals surface area contributed by atoms with E-state index in [0.717, 1.165) is 34.9 Å². The Kier molecular flexibility index (Phi) is 7.56. The number of carbonyl (C=O) groups excluding carboxylic acids is 2. The van der Waals surface area contributed by atoms with Gasteiger partial charge < -0.3 is 22.5 Å². The van der Waals surface area contributed by atoms with Gasteiger partial charge in [0, 0.05) is 17.5 Å². The van der Waals surface area contributed by atoms with Gasteiger partial charge >= 0.3 is 0 Å². The molecule has 0 radical (unpaired) electrons. The third kappa shape index (κ3) is 5.32. The molecule has 148 valence electrons. The molecule has 3 rings (SSSR count). The molecular weight excluding hydrogens is 376 g/mol. The van der Waals surface area contributed by atoms with E-state index in [2.05, 4.69) is 15.3 Å². The fourth-order valence-electron chi connectivity index (χ4n) is 2.58. The Bertz CT molecular complexity index is 986. The van der Waals surface area contributed by atoms with Gasteiger partial charge in [-0.1, -0.05) is 19.1 Å². The van der Waals surface area contributed by atoms with E-state index in [1.165, 1.54) is 11.3 Å². The van der Waals surface area contributed by atoms with Gasteiger partial charge in [0.1, 0.15) is 4.83 Å². The Hall–Kier alpha value is -2.88. The van der Waals surface area contributed by atoms with Crippen LogP contribution in [0.2, 0.25) is 0 Å². The molecule has 28 heavy (non-hydrogen) atoms. The molecule has 0 unspecified atom stereocenters. The van der Waals surface area contributed by atoms with Crippen LogP contribution in [0.5, 0.6) is 0 Å². The molecule has 0 spiro atoms. The van der Waals surface area contributed by atoms with Crippen LogP contribution in [0, 0.1) is 6.92 Å². The van der Waals surface area contributed by atoms with Gasteiger partial charge in [0.2, 0.25) is 11.9 Å². The Morgan fingerprint density at radius 3 is 2.64 bits per heavy atom. The lowest BCUT2D eigenvalue weighted by Gasteiger charge is -2.10. The summed E-state index contributed by atoms with van der Waals surface area (Å²) in [5.74, 6) is -0.240. The Morgan fingerprint density at radius 1 is 1.29 bits per heavy atom. The van der Waals surface area contributed by atoms with Crippen LogP contribution in [0.4, 0.5) is 5.95 Å². The van der Waals surface area contributed by atoms with Crippen LogP contribution in [0.3, 0.4) is 0 Å². The number of carbonyl (C=O) groups is 2. The van der Waals surface area contributed by atoms with Gasteiger partial charge in [-0.3, -0.25) is 9.59 Å². The van der Waals surface area contributed by atoms with Gasteiger partial charge in [-0.05, 0) is 36.7 Å². The molecule has 7 N–H and O–H groups in total. The zero-order valence-corrected chi connectivity index (χ0v) is 16.7. The number of thiophene rings is 1. The molecule has 2 heterocycles. The number of amides is 1. The van der Waals surface area contributed by atoms with Crippen LogP contribution in [0.15, 0.2) is 24.3 Å². The van der Waals surface area contributed by atoms with Crippen molar-refractivity contribution in [3.63, 3.8) is 0 Å². The van der Waals surface area contributed by atoms with Crippen molar-refractivity contribution in [2.75, 3.05) is 18.8 Å². The lowest BCUT2D eigenvalue weighted by atomic mass is 10.00. The molecule has 0 fully saturated rings. The molecule has 0 saturated heterocycles. The fraction of sp³-hybridized carbons (Fsp3) is 0.263. The first-order chi connectivity index (χ1) is 13.4. The monoisotopic (exact) mass is 400 g/mol. The number of hydrogen-bond acceptors (Lipinski definition) is 8. The normalized spacial score (nSPS) is 10.4. The number of primary amides is 1. The minimum absolute atomic E-state index is 0.112. The van der Waals surface area contributed by atoms with Crippen molar-refractivity contribution in [3.8, 4) is 11.3 Å². The molecule has 0 aliphatic heterocycles. The van der Waals surface area contributed by atoms with Gasteiger partial charge in [0.25, 0.3) is 0 Å². The van der Waals surface area contributed by atoms with Gasteiger partial charge in [0.15, 0.2) is 6.29 Å². The maximum atomic E-state index is 11.1. The average molecular weight is 401 g/mol. The van der Waals surface area contributed by atoms with Gasteiger partial charge in [0.05, 0.1) is 17.1 Å². The number of aromatic nitrogens is 2. The molecule has 0 aliphatic rings. The molecule has 8 nitrogen and oxygen atoms in total. The largest absolute Gasteiger partial charge is 0.369 e. The topological polar surface area (TPSA) is 150 Å². The maximum absolute atomic E-state index is 11.1. The third-order valence-corrected chi connectivity index (χ3v) is 4.69. The minimum Gasteiger partial charge on any atom is -0.369 e. The molecule has 9 heteroatoms. The molecule has 2 aromatic heterocycles. The van der Waals surface area contributed by atoms with E-state index in [1.807, 2.05) is 32.0 Å². The molecule has 0 atom stereocenters. The van der Waals surface area contributed by atoms with E-state index >= 15 is 0 Å². The molecular formula is C19H24N6O2S. The van der Waals surface area contributed by atoms with Crippen LogP contribution in [0.1, 0.15) is 27.7 Å². The molecule has 1 aromatic carbocycles. The van der Waals surface area contributed by atoms with Crippen molar-refractivity contribution in [2.45, 2.75) is 20.4 Å². The number of fused-ring (bicyclic) bond motifs is 1. The number of nitrogens with one attached hydrogen (secondary N) is 1. The number of nitrogens with zero attached hydrogens (tertiary/aromatic N) is 2. The minimum atomic E-state index is -0.405. The quantitative estimate of drug-likeness (QED) is 0.459. The summed E-state index contributed by atoms with van der Waals surface area (Å²) in [6.07, 6.45) is 0.795. The summed E-state index contributed by atoms with van der Waals surface area (Å²) in [6, 6.07) is 7.72. The Labute approximate surface area is 167 Å². The van der Waals surface area contributed by atoms with Gasteiger partial charge in [-0.2, -0.15) is 0 Å². The van der Waals surface area contributed by atoms with Crippen molar-refractivity contribution >= 4 is 39.7 Å². The highest BCUT2D eigenvalue weighted by molar-refractivity contribution is 7.20. The standard InChI is InChI=1S/C17H17N5O2S.C2H7N/c1-9-2-3-10(6-20-7-14(18)24)4-12(9)15-13-5-11(8-23)25-16(13)22-17(19)21-15;1-2-3/h2-5,8,20H,6-7H2,1H3,(H2,18,24)(H2,19,21,22);2-3H2,1H3. The lowest BCUT2D eigenvalue weighted by Crippen LogP contribution is -2.28. The van der Waals surface area contributed by atoms with Crippen LogP contribution in [-0.4, -0.2) is 35.3 Å². The van der Waals surface area contributed by atoms with Crippen molar-refractivity contribution in [3.05, 3.63) is 40.3 Å². The van der Waals surface area contributed by atoms with Gasteiger partial charge in [-0.15, -0.1) is 11.3 Å². The molecule has 1 amide bonds. The molecule has 0 saturated carbocycles. The first-order valence-corrected chi connectivity index (χ1v) is 9.52. The summed E-state index contributed by atoms with van der Waals surface area (Å²) in [7, 11) is 0. The highest BCUT2D eigenvalue weighted by atomic mass is 32.1. The second-order valence-corrected chi connectivity index (χ2v) is 7.11. The van der Waals surface area contributed by atoms with Crippen molar-refractivity contribution in [1.29, 1.82) is 0 Å². The predicted octanol–water partition coefficient (Wildman–Crippen LogP) is 1.60. The van der Waals surface area contributed by atoms with Crippen LogP contribution < -0.4 is 22.5 Å². The number of nitrogens with two attached hydrogens (primary N) is 3. The molecule has 0 bridgehead atoms. The molecule has 3 aromatic rings. The van der Waals surface area contributed by atoms with E-state index in [1.54, 1.807) is 6.07 Å². The number of hydrogen-bond donors (Lipinski definition) is 4. The zero-order valence-electron chi connectivity index (χ0n) is 15.9. The summed E-state index contributed by atoms with van der Waals surface area (Å²) in [5, 5.41) is 3.78. The number of nitrogen functional groups attached to an aromatic ring is 1. The number of aldehydes is 1. The van der Waals surface area contributed by atoms with Crippen LogP contribution in [-0.2, 0) is 11.3 Å². The number of anilines is 1. The first-order valence-electron chi connectivity index (χ1n) is 8.70. The summed E-state index contributed by atoms with van der Waals surface area (Å²) in [4.78, 5) is 31.8. The second-order valence-electron chi connectivity index (χ2n) is 6.04. The summed E-state index contributed by atoms with van der Waals surface area (Å²) in [5.41, 5.74) is 19.4. The van der Waals surface area contributed by atoms with Crippen molar-refractivity contribution in [2.24, 2.45) is 11.5 Å². The fourth-order valence-corrected chi connectivity index (χ4v) is 3.44. The van der Waals surface area contributed by atoms with Crippen LogP contribution >= 0.6 is 11.3 Å². The smallest absolute Gasteiger partial charge is 0.231 e. The van der Waals surface area contributed by atoms with Crippen molar-refractivity contribution < 1.29 is 9.59 Å². The average Bonchev–Trinajstić information content (AvgIpc) is 3.06. The lowest BCUT2D eigenvalue weighted by molar-refractivity contribution is -0.117. The SMILES string of the molecule is CCN.Cc1ccc(CNCC(N)=O)cc1-c1nc(N)nc2sc(C=O)cc12. The maximum Gasteiger partial charge on any atom is 0.231 e. The van der Waals surface area contributed by atoms with E-state index in [0.29, 0.717) is 21.9 Å². The van der Waals surface area contributed by atoms with E-state index in [-0.39, 0.29) is 12.5 Å². The number of benzene rings is 1. The first kappa shape index (κ1) is 21.4. The number of aryl methyl sites for hydroxylation is 1. The van der Waals surface area contributed by atoms with E-state index < -0.39 is 5.91 Å².